The number of aryl methyl sites for hydroxylation is 1. The van der Waals surface area contributed by atoms with Crippen LogP contribution in [0.1, 0.15) is 23.0 Å². The third-order valence-corrected chi connectivity index (χ3v) is 7.93. The molecule has 0 fully saturated rings. The van der Waals surface area contributed by atoms with E-state index in [1.54, 1.807) is 18.3 Å². The Bertz CT molecular complexity index is 1310. The number of methoxy groups -OCH3 is 1. The molecule has 0 saturated carbocycles. The summed E-state index contributed by atoms with van der Waals surface area (Å²) in [5, 5.41) is 17.2. The summed E-state index contributed by atoms with van der Waals surface area (Å²) in [5.41, 5.74) is 3.22. The van der Waals surface area contributed by atoms with Crippen molar-refractivity contribution in [1.82, 2.24) is 14.6 Å². The maximum Gasteiger partial charge on any atom is 0.188 e. The number of aromatic nitrogens is 2. The van der Waals surface area contributed by atoms with Crippen LogP contribution in [0.25, 0.3) is 10.3 Å². The van der Waals surface area contributed by atoms with Crippen molar-refractivity contribution in [3.63, 3.8) is 0 Å². The van der Waals surface area contributed by atoms with E-state index >= 15 is 0 Å². The average molecular weight is 453 g/mol. The molecule has 31 heavy (non-hydrogen) atoms. The molecule has 0 radical (unpaired) electrons. The van der Waals surface area contributed by atoms with Gasteiger partial charge in [-0.1, -0.05) is 30.3 Å². The van der Waals surface area contributed by atoms with Crippen LogP contribution >= 0.6 is 11.3 Å². The van der Waals surface area contributed by atoms with Gasteiger partial charge in [-0.05, 0) is 29.8 Å². The van der Waals surface area contributed by atoms with Crippen molar-refractivity contribution >= 4 is 38.7 Å². The summed E-state index contributed by atoms with van der Waals surface area (Å²) in [6.45, 7) is 0.434. The molecular weight excluding hydrogens is 432 g/mol. The van der Waals surface area contributed by atoms with E-state index in [0.717, 1.165) is 27.3 Å². The Morgan fingerprint density at radius 3 is 2.77 bits per heavy atom. The number of benzene rings is 2. The molecule has 7 nitrogen and oxygen atoms in total. The lowest BCUT2D eigenvalue weighted by Gasteiger charge is -2.29. The van der Waals surface area contributed by atoms with Crippen LogP contribution in [0.2, 0.25) is 0 Å². The Morgan fingerprint density at radius 2 is 2.00 bits per heavy atom. The summed E-state index contributed by atoms with van der Waals surface area (Å²) in [6.07, 6.45) is 0.832. The van der Waals surface area contributed by atoms with Gasteiger partial charge >= 0.3 is 0 Å². The molecule has 0 amide bonds. The zero-order chi connectivity index (χ0) is 21.5. The minimum Gasteiger partial charge on any atom is -0.497 e. The third-order valence-electron chi connectivity index (χ3n) is 5.25. The SMILES string of the molecule is COc1cccc(CN2N=Cc3c(n(C)c4nc(S(=O)c5ccccc5)sc34)C2O)c1. The molecule has 1 aliphatic heterocycles. The van der Waals surface area contributed by atoms with Gasteiger partial charge < -0.3 is 14.4 Å². The predicted octanol–water partition coefficient (Wildman–Crippen LogP) is 3.65. The molecule has 4 aromatic rings. The molecule has 158 valence electrons. The molecule has 2 unspecified atom stereocenters. The average Bonchev–Trinajstić information content (AvgIpc) is 3.35. The Balaban J connectivity index is 1.48. The van der Waals surface area contributed by atoms with E-state index < -0.39 is 17.0 Å². The van der Waals surface area contributed by atoms with Gasteiger partial charge in [0, 0.05) is 17.5 Å². The highest BCUT2D eigenvalue weighted by atomic mass is 32.2. The van der Waals surface area contributed by atoms with Gasteiger partial charge in [0.1, 0.15) is 16.5 Å². The summed E-state index contributed by atoms with van der Waals surface area (Å²) < 4.78 is 21.5. The van der Waals surface area contributed by atoms with Crippen molar-refractivity contribution in [2.75, 3.05) is 7.11 Å². The maximum absolute atomic E-state index is 12.9. The molecule has 5 rings (SSSR count). The molecule has 0 saturated heterocycles. The minimum atomic E-state index is -1.35. The summed E-state index contributed by atoms with van der Waals surface area (Å²) in [7, 11) is 2.14. The van der Waals surface area contributed by atoms with Crippen molar-refractivity contribution in [3.8, 4) is 5.75 Å². The molecule has 0 bridgehead atoms. The van der Waals surface area contributed by atoms with Crippen molar-refractivity contribution < 1.29 is 14.1 Å². The van der Waals surface area contributed by atoms with E-state index in [9.17, 15) is 9.32 Å². The zero-order valence-electron chi connectivity index (χ0n) is 16.9. The predicted molar refractivity (Wildman–Crippen MR) is 121 cm³/mol. The van der Waals surface area contributed by atoms with E-state index in [0.29, 0.717) is 21.4 Å². The fourth-order valence-electron chi connectivity index (χ4n) is 3.69. The number of nitrogens with zero attached hydrogens (tertiary/aromatic N) is 4. The fraction of sp³-hybridized carbons (Fsp3) is 0.182. The zero-order valence-corrected chi connectivity index (χ0v) is 18.6. The van der Waals surface area contributed by atoms with Gasteiger partial charge in [-0.2, -0.15) is 5.10 Å². The lowest BCUT2D eigenvalue weighted by Crippen LogP contribution is -2.28. The largest absolute Gasteiger partial charge is 0.497 e. The minimum absolute atomic E-state index is 0.434. The fourth-order valence-corrected chi connectivity index (χ4v) is 6.15. The molecule has 9 heteroatoms. The van der Waals surface area contributed by atoms with Gasteiger partial charge in [0.2, 0.25) is 0 Å². The second kappa shape index (κ2) is 7.92. The first kappa shape index (κ1) is 19.9. The van der Waals surface area contributed by atoms with Crippen LogP contribution in [0.4, 0.5) is 0 Å². The van der Waals surface area contributed by atoms with Gasteiger partial charge in [0.25, 0.3) is 0 Å². The molecule has 2 aromatic heterocycles. The number of hydrogen-bond acceptors (Lipinski definition) is 7. The van der Waals surface area contributed by atoms with E-state index in [4.69, 9.17) is 4.74 Å². The van der Waals surface area contributed by atoms with Crippen LogP contribution in [0.15, 0.2) is 68.9 Å². The van der Waals surface area contributed by atoms with Crippen LogP contribution < -0.4 is 4.74 Å². The number of hydrazone groups is 1. The molecule has 0 spiro atoms. The number of ether oxygens (including phenoxy) is 1. The first-order valence-electron chi connectivity index (χ1n) is 9.64. The third kappa shape index (κ3) is 3.44. The molecule has 0 aliphatic carbocycles. The number of hydrogen-bond donors (Lipinski definition) is 1. The van der Waals surface area contributed by atoms with Gasteiger partial charge in [0.15, 0.2) is 16.2 Å². The Morgan fingerprint density at radius 1 is 1.19 bits per heavy atom. The first-order valence-corrected chi connectivity index (χ1v) is 11.6. The van der Waals surface area contributed by atoms with Crippen LogP contribution in [0, 0.1) is 0 Å². The highest BCUT2D eigenvalue weighted by Gasteiger charge is 2.31. The topological polar surface area (TPSA) is 80.0 Å². The van der Waals surface area contributed by atoms with Crippen molar-refractivity contribution in [2.24, 2.45) is 12.1 Å². The summed E-state index contributed by atoms with van der Waals surface area (Å²) in [5.74, 6) is 0.760. The summed E-state index contributed by atoms with van der Waals surface area (Å²) in [6, 6.07) is 17.0. The highest BCUT2D eigenvalue weighted by Crippen LogP contribution is 2.38. The Kier molecular flexibility index (Phi) is 5.09. The standard InChI is InChI=1S/C22H20N4O3S2/c1-25-18-17(12-23-26(21(18)27)13-14-7-6-8-15(11-14)29-2)19-20(25)24-22(30-19)31(28)16-9-4-3-5-10-16/h3-12,21,27H,13H2,1-2H3. The normalized spacial score (nSPS) is 16.5. The second-order valence-corrected chi connectivity index (χ2v) is 9.79. The number of aliphatic hydroxyl groups excluding tert-OH is 1. The Hall–Kier alpha value is -3.01. The molecule has 1 N–H and O–H groups in total. The maximum atomic E-state index is 12.9. The molecule has 2 atom stereocenters. The molecular formula is C22H20N4O3S2. The van der Waals surface area contributed by atoms with Crippen LogP contribution in [-0.2, 0) is 24.4 Å². The van der Waals surface area contributed by atoms with Crippen LogP contribution in [0.3, 0.4) is 0 Å². The van der Waals surface area contributed by atoms with Gasteiger partial charge in [-0.25, -0.2) is 9.19 Å². The summed E-state index contributed by atoms with van der Waals surface area (Å²) in [4.78, 5) is 5.35. The lowest BCUT2D eigenvalue weighted by atomic mass is 10.1. The number of fused-ring (bicyclic) bond motifs is 3. The smallest absolute Gasteiger partial charge is 0.188 e. The quantitative estimate of drug-likeness (QED) is 0.500. The van der Waals surface area contributed by atoms with Gasteiger partial charge in [-0.15, -0.1) is 11.3 Å². The number of rotatable bonds is 5. The van der Waals surface area contributed by atoms with Crippen molar-refractivity contribution in [2.45, 2.75) is 22.0 Å². The monoisotopic (exact) mass is 452 g/mol. The second-order valence-electron chi connectivity index (χ2n) is 7.14. The van der Waals surface area contributed by atoms with Crippen molar-refractivity contribution in [3.05, 3.63) is 71.4 Å². The van der Waals surface area contributed by atoms with E-state index in [1.807, 2.05) is 66.2 Å². The summed E-state index contributed by atoms with van der Waals surface area (Å²) >= 11 is 1.38. The van der Waals surface area contributed by atoms with Crippen LogP contribution in [-0.4, -0.2) is 37.2 Å². The molecule has 3 heterocycles. The van der Waals surface area contributed by atoms with E-state index in [1.165, 1.54) is 11.3 Å². The Labute approximate surface area is 185 Å². The van der Waals surface area contributed by atoms with E-state index in [2.05, 4.69) is 10.1 Å². The number of aliphatic hydroxyl groups is 1. The molecule has 1 aliphatic rings. The first-order chi connectivity index (χ1) is 15.1. The van der Waals surface area contributed by atoms with Crippen molar-refractivity contribution in [1.29, 1.82) is 0 Å². The van der Waals surface area contributed by atoms with E-state index in [-0.39, 0.29) is 0 Å². The number of thiazole rings is 1. The van der Waals surface area contributed by atoms with Gasteiger partial charge in [-0.3, -0.25) is 5.01 Å². The van der Waals surface area contributed by atoms with Gasteiger partial charge in [0.05, 0.1) is 30.3 Å². The highest BCUT2D eigenvalue weighted by molar-refractivity contribution is 7.87. The van der Waals surface area contributed by atoms with Crippen LogP contribution in [0.5, 0.6) is 5.75 Å². The molecule has 2 aromatic carbocycles. The lowest BCUT2D eigenvalue weighted by molar-refractivity contribution is -0.0100.